The molecule has 0 aliphatic rings. The van der Waals surface area contributed by atoms with Crippen molar-refractivity contribution in [3.63, 3.8) is 0 Å². The highest BCUT2D eigenvalue weighted by molar-refractivity contribution is 7.92. The molecule has 0 bridgehead atoms. The molecule has 0 saturated heterocycles. The zero-order valence-corrected chi connectivity index (χ0v) is 9.70. The Kier molecular flexibility index (Phi) is 4.29. The summed E-state index contributed by atoms with van der Waals surface area (Å²) in [6, 6.07) is 8.55. The van der Waals surface area contributed by atoms with Gasteiger partial charge < -0.3 is 5.73 Å². The average Bonchev–Trinajstić information content (AvgIpc) is 2.27. The van der Waals surface area contributed by atoms with Crippen LogP contribution in [0.1, 0.15) is 19.8 Å². The van der Waals surface area contributed by atoms with Crippen LogP contribution in [0.25, 0.3) is 0 Å². The smallest absolute Gasteiger partial charge is 0.180 e. The molecule has 1 rings (SSSR count). The number of sulfone groups is 1. The summed E-state index contributed by atoms with van der Waals surface area (Å²) in [7, 11) is -3.17. The molecule has 0 aliphatic heterocycles. The zero-order chi connectivity index (χ0) is 11.3. The molecule has 1 unspecified atom stereocenters. The molecule has 3 nitrogen and oxygen atoms in total. The van der Waals surface area contributed by atoms with E-state index in [0.29, 0.717) is 17.9 Å². The second-order valence-corrected chi connectivity index (χ2v) is 5.97. The standard InChI is InChI=1S/C11H17NO2S/c1-10(6-5-9-12)15(13,14)11-7-3-2-4-8-11/h2-4,7-8,10H,5-6,9,12H2,1H3. The molecule has 0 amide bonds. The molecule has 0 aromatic heterocycles. The van der Waals surface area contributed by atoms with Gasteiger partial charge in [-0.3, -0.25) is 0 Å². The summed E-state index contributed by atoms with van der Waals surface area (Å²) < 4.78 is 24.0. The van der Waals surface area contributed by atoms with Crippen molar-refractivity contribution in [2.45, 2.75) is 29.9 Å². The number of nitrogens with two attached hydrogens (primary N) is 1. The third-order valence-corrected chi connectivity index (χ3v) is 4.64. The van der Waals surface area contributed by atoms with Gasteiger partial charge in [0.1, 0.15) is 0 Å². The van der Waals surface area contributed by atoms with Gasteiger partial charge in [-0.15, -0.1) is 0 Å². The Bertz CT molecular complexity index is 386. The summed E-state index contributed by atoms with van der Waals surface area (Å²) in [5, 5.41) is -0.358. The van der Waals surface area contributed by atoms with Crippen molar-refractivity contribution in [2.75, 3.05) is 6.54 Å². The molecule has 0 saturated carbocycles. The lowest BCUT2D eigenvalue weighted by Gasteiger charge is -2.12. The Hall–Kier alpha value is -0.870. The van der Waals surface area contributed by atoms with Gasteiger partial charge in [0.15, 0.2) is 9.84 Å². The van der Waals surface area contributed by atoms with Crippen LogP contribution in [0, 0.1) is 0 Å². The highest BCUT2D eigenvalue weighted by Crippen LogP contribution is 2.18. The molecule has 0 radical (unpaired) electrons. The lowest BCUT2D eigenvalue weighted by Crippen LogP contribution is -2.19. The van der Waals surface area contributed by atoms with Crippen LogP contribution >= 0.6 is 0 Å². The second kappa shape index (κ2) is 5.28. The van der Waals surface area contributed by atoms with Crippen molar-refractivity contribution >= 4 is 9.84 Å². The van der Waals surface area contributed by atoms with Gasteiger partial charge in [-0.25, -0.2) is 8.42 Å². The fourth-order valence-corrected chi connectivity index (χ4v) is 2.88. The third kappa shape index (κ3) is 3.04. The van der Waals surface area contributed by atoms with E-state index in [1.54, 1.807) is 31.2 Å². The van der Waals surface area contributed by atoms with E-state index in [1.807, 2.05) is 6.07 Å². The number of hydrogen-bond donors (Lipinski definition) is 1. The molecular formula is C11H17NO2S. The van der Waals surface area contributed by atoms with Crippen molar-refractivity contribution in [1.82, 2.24) is 0 Å². The molecule has 15 heavy (non-hydrogen) atoms. The zero-order valence-electron chi connectivity index (χ0n) is 8.89. The molecule has 1 atom stereocenters. The topological polar surface area (TPSA) is 60.2 Å². The summed E-state index contributed by atoms with van der Waals surface area (Å²) in [4.78, 5) is 0.398. The van der Waals surface area contributed by atoms with Gasteiger partial charge in [0, 0.05) is 0 Å². The van der Waals surface area contributed by atoms with E-state index in [9.17, 15) is 8.42 Å². The summed E-state index contributed by atoms with van der Waals surface area (Å²) in [6.07, 6.45) is 1.36. The first-order chi connectivity index (χ1) is 7.09. The van der Waals surface area contributed by atoms with E-state index in [1.165, 1.54) is 0 Å². The maximum absolute atomic E-state index is 12.0. The fraction of sp³-hybridized carbons (Fsp3) is 0.455. The Morgan fingerprint density at radius 1 is 1.27 bits per heavy atom. The number of hydrogen-bond acceptors (Lipinski definition) is 3. The first kappa shape index (κ1) is 12.2. The van der Waals surface area contributed by atoms with Crippen LogP contribution in [-0.4, -0.2) is 20.2 Å². The summed E-state index contributed by atoms with van der Waals surface area (Å²) in [6.45, 7) is 2.27. The van der Waals surface area contributed by atoms with Gasteiger partial charge in [-0.1, -0.05) is 18.2 Å². The highest BCUT2D eigenvalue weighted by Gasteiger charge is 2.21. The Morgan fingerprint density at radius 3 is 2.40 bits per heavy atom. The van der Waals surface area contributed by atoms with E-state index in [0.717, 1.165) is 6.42 Å². The summed E-state index contributed by atoms with van der Waals surface area (Å²) in [5.41, 5.74) is 5.36. The van der Waals surface area contributed by atoms with Crippen molar-refractivity contribution in [1.29, 1.82) is 0 Å². The average molecular weight is 227 g/mol. The van der Waals surface area contributed by atoms with Crippen LogP contribution in [-0.2, 0) is 9.84 Å². The molecule has 0 aliphatic carbocycles. The lowest BCUT2D eigenvalue weighted by atomic mass is 10.2. The van der Waals surface area contributed by atoms with Crippen LogP contribution in [0.15, 0.2) is 35.2 Å². The number of rotatable bonds is 5. The van der Waals surface area contributed by atoms with Gasteiger partial charge in [-0.05, 0) is 38.4 Å². The van der Waals surface area contributed by atoms with E-state index < -0.39 is 9.84 Å². The molecule has 0 heterocycles. The van der Waals surface area contributed by atoms with Gasteiger partial charge in [0.05, 0.1) is 10.1 Å². The predicted molar refractivity (Wildman–Crippen MR) is 61.4 cm³/mol. The van der Waals surface area contributed by atoms with E-state index in [4.69, 9.17) is 5.73 Å². The molecule has 84 valence electrons. The summed E-state index contributed by atoms with van der Waals surface area (Å²) >= 11 is 0. The highest BCUT2D eigenvalue weighted by atomic mass is 32.2. The van der Waals surface area contributed by atoms with Crippen molar-refractivity contribution in [3.8, 4) is 0 Å². The van der Waals surface area contributed by atoms with Crippen molar-refractivity contribution in [2.24, 2.45) is 5.73 Å². The van der Waals surface area contributed by atoms with Crippen LogP contribution < -0.4 is 5.73 Å². The molecule has 1 aromatic carbocycles. The van der Waals surface area contributed by atoms with E-state index >= 15 is 0 Å². The van der Waals surface area contributed by atoms with Gasteiger partial charge in [-0.2, -0.15) is 0 Å². The molecule has 4 heteroatoms. The maximum Gasteiger partial charge on any atom is 0.180 e. The minimum Gasteiger partial charge on any atom is -0.330 e. The van der Waals surface area contributed by atoms with Gasteiger partial charge in [0.25, 0.3) is 0 Å². The minimum atomic E-state index is -3.17. The van der Waals surface area contributed by atoms with Gasteiger partial charge >= 0.3 is 0 Å². The predicted octanol–water partition coefficient (Wildman–Crippen LogP) is 1.59. The Labute approximate surface area is 91.2 Å². The monoisotopic (exact) mass is 227 g/mol. The molecule has 0 fully saturated rings. The van der Waals surface area contributed by atoms with E-state index in [2.05, 4.69) is 0 Å². The minimum absolute atomic E-state index is 0.358. The van der Waals surface area contributed by atoms with Crippen molar-refractivity contribution < 1.29 is 8.42 Å². The molecule has 0 spiro atoms. The summed E-state index contributed by atoms with van der Waals surface area (Å²) in [5.74, 6) is 0. The largest absolute Gasteiger partial charge is 0.330 e. The molecule has 2 N–H and O–H groups in total. The third-order valence-electron chi connectivity index (χ3n) is 2.42. The molecule has 1 aromatic rings. The van der Waals surface area contributed by atoms with Crippen LogP contribution in [0.4, 0.5) is 0 Å². The van der Waals surface area contributed by atoms with Crippen molar-refractivity contribution in [3.05, 3.63) is 30.3 Å². The Balaban J connectivity index is 2.84. The SMILES string of the molecule is CC(CCCN)S(=O)(=O)c1ccccc1. The number of benzene rings is 1. The molecular weight excluding hydrogens is 210 g/mol. The normalized spacial score (nSPS) is 13.7. The second-order valence-electron chi connectivity index (χ2n) is 3.60. The first-order valence-corrected chi connectivity index (χ1v) is 6.62. The van der Waals surface area contributed by atoms with Gasteiger partial charge in [0.2, 0.25) is 0 Å². The van der Waals surface area contributed by atoms with Crippen LogP contribution in [0.5, 0.6) is 0 Å². The maximum atomic E-state index is 12.0. The fourth-order valence-electron chi connectivity index (χ4n) is 1.40. The quantitative estimate of drug-likeness (QED) is 0.831. The Morgan fingerprint density at radius 2 is 1.87 bits per heavy atom. The van der Waals surface area contributed by atoms with Crippen LogP contribution in [0.3, 0.4) is 0 Å². The van der Waals surface area contributed by atoms with Crippen LogP contribution in [0.2, 0.25) is 0 Å². The lowest BCUT2D eigenvalue weighted by molar-refractivity contribution is 0.573. The van der Waals surface area contributed by atoms with E-state index in [-0.39, 0.29) is 5.25 Å². The first-order valence-electron chi connectivity index (χ1n) is 5.08.